The van der Waals surface area contributed by atoms with Crippen LogP contribution in [-0.2, 0) is 38.1 Å². The van der Waals surface area contributed by atoms with Crippen LogP contribution in [0.25, 0.3) is 0 Å². The van der Waals surface area contributed by atoms with E-state index in [1.54, 1.807) is 0 Å². The maximum absolute atomic E-state index is 14.4. The lowest BCUT2D eigenvalue weighted by Crippen LogP contribution is -2.70. The van der Waals surface area contributed by atoms with Gasteiger partial charge in [-0.15, -0.1) is 0 Å². The number of ether oxygens (including phenoxy) is 4. The van der Waals surface area contributed by atoms with E-state index in [0.717, 1.165) is 6.92 Å². The Bertz CT molecular complexity index is 1470. The van der Waals surface area contributed by atoms with Crippen molar-refractivity contribution in [1.29, 1.82) is 0 Å². The molecule has 0 aromatic rings. The van der Waals surface area contributed by atoms with Gasteiger partial charge in [-0.3, -0.25) is 19.2 Å². The van der Waals surface area contributed by atoms with Crippen molar-refractivity contribution < 1.29 is 95.2 Å². The number of alkyl halides is 14. The molecule has 1 fully saturated rings. The van der Waals surface area contributed by atoms with E-state index in [4.69, 9.17) is 14.2 Å². The Morgan fingerprint density at radius 3 is 1.51 bits per heavy atom. The van der Waals surface area contributed by atoms with Gasteiger partial charge in [0.05, 0.1) is 29.8 Å². The Labute approximate surface area is 342 Å². The third kappa shape index (κ3) is 12.5. The predicted molar refractivity (Wildman–Crippen MR) is 187 cm³/mol. The molecule has 22 heteroatoms. The van der Waals surface area contributed by atoms with E-state index in [1.807, 2.05) is 0 Å². The molecule has 0 aliphatic heterocycles. The summed E-state index contributed by atoms with van der Waals surface area (Å²) in [5.41, 5.74) is -3.79. The maximum atomic E-state index is 14.4. The number of hydrogen-bond acceptors (Lipinski definition) is 8. The highest BCUT2D eigenvalue weighted by Crippen LogP contribution is 2.60. The van der Waals surface area contributed by atoms with Crippen molar-refractivity contribution in [3.63, 3.8) is 0 Å². The molecule has 1 aliphatic rings. The highest BCUT2D eigenvalue weighted by Gasteiger charge is 2.90. The third-order valence-electron chi connectivity index (χ3n) is 10.6. The van der Waals surface area contributed by atoms with Crippen LogP contribution in [0.15, 0.2) is 0 Å². The second-order valence-corrected chi connectivity index (χ2v) is 19.1. The van der Waals surface area contributed by atoms with Crippen LogP contribution in [0, 0.1) is 28.1 Å². The van der Waals surface area contributed by atoms with Crippen LogP contribution in [0.2, 0.25) is 0 Å². The zero-order valence-corrected chi connectivity index (χ0v) is 35.7. The van der Waals surface area contributed by atoms with E-state index in [9.17, 15) is 76.3 Å². The summed E-state index contributed by atoms with van der Waals surface area (Å²) in [6.45, 7) is 11.6. The van der Waals surface area contributed by atoms with E-state index in [1.165, 1.54) is 34.6 Å². The van der Waals surface area contributed by atoms with Gasteiger partial charge in [-0.25, -0.2) is 0 Å². The van der Waals surface area contributed by atoms with Gasteiger partial charge in [0.1, 0.15) is 23.6 Å². The third-order valence-corrected chi connectivity index (χ3v) is 10.9. The summed E-state index contributed by atoms with van der Waals surface area (Å²) >= 11 is 3.11. The Hall–Kier alpha value is -2.55. The first-order chi connectivity index (χ1) is 26.2. The molecule has 346 valence electrons. The van der Waals surface area contributed by atoms with Gasteiger partial charge in [0.15, 0.2) is 0 Å². The summed E-state index contributed by atoms with van der Waals surface area (Å²) in [5.74, 6) is -42.8. The summed E-state index contributed by atoms with van der Waals surface area (Å²) in [6, 6.07) is 0. The largest absolute Gasteiger partial charge is 0.465 e. The molecule has 1 rings (SSSR count). The normalized spacial score (nSPS) is 20.5. The van der Waals surface area contributed by atoms with Crippen LogP contribution in [0.5, 0.6) is 0 Å². The van der Waals surface area contributed by atoms with Crippen molar-refractivity contribution >= 4 is 39.8 Å². The van der Waals surface area contributed by atoms with Crippen molar-refractivity contribution in [1.82, 2.24) is 0 Å². The van der Waals surface area contributed by atoms with Gasteiger partial charge in [-0.1, -0.05) is 50.5 Å². The Kier molecular flexibility index (Phi) is 17.4. The molecule has 0 aromatic carbocycles. The lowest BCUT2D eigenvalue weighted by molar-refractivity contribution is -0.440. The van der Waals surface area contributed by atoms with E-state index in [-0.39, 0.29) is 18.4 Å². The lowest BCUT2D eigenvalue weighted by atomic mass is 9.68. The second-order valence-electron chi connectivity index (χ2n) is 17.2. The van der Waals surface area contributed by atoms with Gasteiger partial charge in [0.2, 0.25) is 0 Å². The molecule has 3 unspecified atom stereocenters. The smallest absolute Gasteiger partial charge is 0.460 e. The van der Waals surface area contributed by atoms with Crippen LogP contribution < -0.4 is 0 Å². The minimum Gasteiger partial charge on any atom is -0.465 e. The van der Waals surface area contributed by atoms with E-state index < -0.39 is 119 Å². The first-order valence-electron chi connectivity index (χ1n) is 18.6. The van der Waals surface area contributed by atoms with Crippen molar-refractivity contribution in [2.24, 2.45) is 28.1 Å². The molecular weight excluding hydrogens is 899 g/mol. The SMILES string of the molecule is CCC(C)(CC(C)(CC(C)C(=O)OCCOC(=O)C(C)(C)Br)C(=O)OC1CCC(C(C)(C)C)CC1)C(=O)OCCC(F)(F)C(F)(F)C(F)(F)C(F)(F)C(F)(F)C(F)(F)F. The van der Waals surface area contributed by atoms with Crippen LogP contribution in [0.3, 0.4) is 0 Å². The van der Waals surface area contributed by atoms with Gasteiger partial charge in [0.25, 0.3) is 0 Å². The standard InChI is InChI=1S/C37H52BrF13O8/c1-10-30(8,26(54)57-16-15-32(39,40)33(41,42)34(43,44)35(45,46)36(47,48)37(49,50)51)20-31(9,27(55)59-23-13-11-22(12-14-23)28(3,4)5)19-21(2)24(52)56-17-18-58-25(53)29(6,7)38/h21-23H,10-20H2,1-9H3. The highest BCUT2D eigenvalue weighted by molar-refractivity contribution is 9.10. The fourth-order valence-electron chi connectivity index (χ4n) is 6.53. The second kappa shape index (κ2) is 18.8. The van der Waals surface area contributed by atoms with Gasteiger partial charge in [-0.2, -0.15) is 57.1 Å². The molecule has 0 spiro atoms. The van der Waals surface area contributed by atoms with Crippen LogP contribution in [-0.4, -0.2) is 89.9 Å². The minimum atomic E-state index is -8.07. The van der Waals surface area contributed by atoms with Gasteiger partial charge < -0.3 is 18.9 Å². The zero-order chi connectivity index (χ0) is 46.6. The number of halogens is 14. The average Bonchev–Trinajstić information content (AvgIpc) is 3.08. The van der Waals surface area contributed by atoms with Crippen LogP contribution >= 0.6 is 15.9 Å². The zero-order valence-electron chi connectivity index (χ0n) is 34.1. The first kappa shape index (κ1) is 54.5. The van der Waals surface area contributed by atoms with Crippen molar-refractivity contribution in [2.75, 3.05) is 19.8 Å². The van der Waals surface area contributed by atoms with Crippen molar-refractivity contribution in [2.45, 2.75) is 160 Å². The number of carbonyl (C=O) groups is 4. The van der Waals surface area contributed by atoms with E-state index in [0.29, 0.717) is 31.6 Å². The Morgan fingerprint density at radius 1 is 0.610 bits per heavy atom. The molecule has 0 aromatic heterocycles. The van der Waals surface area contributed by atoms with Crippen molar-refractivity contribution in [3.8, 4) is 0 Å². The van der Waals surface area contributed by atoms with Gasteiger partial charge in [-0.05, 0) is 84.0 Å². The van der Waals surface area contributed by atoms with E-state index in [2.05, 4.69) is 41.4 Å². The molecule has 8 nitrogen and oxygen atoms in total. The van der Waals surface area contributed by atoms with Gasteiger partial charge in [0, 0.05) is 0 Å². The quantitative estimate of drug-likeness (QED) is 0.0391. The first-order valence-corrected chi connectivity index (χ1v) is 19.3. The summed E-state index contributed by atoms with van der Waals surface area (Å²) in [4.78, 5) is 52.2. The molecule has 3 atom stereocenters. The molecule has 0 bridgehead atoms. The topological polar surface area (TPSA) is 105 Å². The average molecular weight is 952 g/mol. The molecule has 1 saturated carbocycles. The van der Waals surface area contributed by atoms with Crippen LogP contribution in [0.1, 0.15) is 114 Å². The summed E-state index contributed by atoms with van der Waals surface area (Å²) in [6.07, 6.45) is -9.91. The molecule has 0 saturated heterocycles. The highest BCUT2D eigenvalue weighted by atomic mass is 79.9. The monoisotopic (exact) mass is 950 g/mol. The van der Waals surface area contributed by atoms with E-state index >= 15 is 0 Å². The number of carbonyl (C=O) groups excluding carboxylic acids is 4. The number of rotatable bonds is 20. The molecule has 0 amide bonds. The molecule has 0 heterocycles. The predicted octanol–water partition coefficient (Wildman–Crippen LogP) is 10.9. The molecule has 59 heavy (non-hydrogen) atoms. The molecule has 0 N–H and O–H groups in total. The number of hydrogen-bond donors (Lipinski definition) is 0. The van der Waals surface area contributed by atoms with Crippen molar-refractivity contribution in [3.05, 3.63) is 0 Å². The van der Waals surface area contributed by atoms with Crippen LogP contribution in [0.4, 0.5) is 57.1 Å². The maximum Gasteiger partial charge on any atom is 0.460 e. The minimum absolute atomic E-state index is 0.0427. The fraction of sp³-hybridized carbons (Fsp3) is 0.892. The summed E-state index contributed by atoms with van der Waals surface area (Å²) in [7, 11) is 0. The fourth-order valence-corrected chi connectivity index (χ4v) is 6.64. The molecular formula is C37H52BrF13O8. The van der Waals surface area contributed by atoms with Gasteiger partial charge >= 0.3 is 59.7 Å². The Balaban J connectivity index is 3.31. The number of esters is 4. The lowest BCUT2D eigenvalue weighted by Gasteiger charge is -2.40. The molecule has 1 aliphatic carbocycles. The summed E-state index contributed by atoms with van der Waals surface area (Å²) < 4.78 is 196. The summed E-state index contributed by atoms with van der Waals surface area (Å²) in [5, 5.41) is 0. The molecule has 0 radical (unpaired) electrons. The Morgan fingerprint density at radius 2 is 1.07 bits per heavy atom.